The molecule has 0 aliphatic heterocycles. The van der Waals surface area contributed by atoms with Crippen LogP contribution in [-0.4, -0.2) is 20.5 Å². The van der Waals surface area contributed by atoms with Crippen LogP contribution in [-0.2, 0) is 10.0 Å². The average Bonchev–Trinajstić information content (AvgIpc) is 3.16. The molecular weight excluding hydrogens is 384 g/mol. The van der Waals surface area contributed by atoms with E-state index in [0.717, 1.165) is 27.6 Å². The van der Waals surface area contributed by atoms with Gasteiger partial charge in [0, 0.05) is 17.1 Å². The minimum atomic E-state index is -3.74. The van der Waals surface area contributed by atoms with E-state index in [1.54, 1.807) is 31.4 Å². The Hall–Kier alpha value is -3.09. The Morgan fingerprint density at radius 3 is 2.48 bits per heavy atom. The van der Waals surface area contributed by atoms with Gasteiger partial charge in [0.1, 0.15) is 5.75 Å². The van der Waals surface area contributed by atoms with Crippen LogP contribution in [0.25, 0.3) is 10.9 Å². The molecule has 0 aliphatic carbocycles. The molecule has 148 valence electrons. The fourth-order valence-electron chi connectivity index (χ4n) is 3.41. The van der Waals surface area contributed by atoms with Gasteiger partial charge >= 0.3 is 0 Å². The Kier molecular flexibility index (Phi) is 5.13. The number of hydrogen-bond donors (Lipinski definition) is 2. The molecule has 3 aromatic carbocycles. The van der Waals surface area contributed by atoms with Gasteiger partial charge in [0.15, 0.2) is 0 Å². The molecule has 0 bridgehead atoms. The Morgan fingerprint density at radius 1 is 0.966 bits per heavy atom. The number of fused-ring (bicyclic) bond motifs is 1. The molecule has 0 amide bonds. The zero-order chi connectivity index (χ0) is 20.4. The lowest BCUT2D eigenvalue weighted by atomic mass is 9.99. The number of aromatic nitrogens is 1. The highest BCUT2D eigenvalue weighted by Gasteiger charge is 2.25. The van der Waals surface area contributed by atoms with E-state index in [9.17, 15) is 8.42 Å². The van der Waals surface area contributed by atoms with Gasteiger partial charge in [0.2, 0.25) is 10.0 Å². The summed E-state index contributed by atoms with van der Waals surface area (Å²) < 4.78 is 34.6. The lowest BCUT2D eigenvalue weighted by Crippen LogP contribution is -2.29. The molecule has 4 rings (SSSR count). The number of aromatic amines is 1. The summed E-state index contributed by atoms with van der Waals surface area (Å²) >= 11 is 0. The first-order valence-electron chi connectivity index (χ1n) is 9.27. The van der Waals surface area contributed by atoms with Gasteiger partial charge in [-0.15, -0.1) is 0 Å². The molecule has 0 radical (unpaired) electrons. The third-order valence-electron chi connectivity index (χ3n) is 4.96. The zero-order valence-electron chi connectivity index (χ0n) is 16.2. The van der Waals surface area contributed by atoms with Crippen molar-refractivity contribution in [1.29, 1.82) is 0 Å². The normalized spacial score (nSPS) is 12.8. The van der Waals surface area contributed by atoms with Gasteiger partial charge in [0.25, 0.3) is 0 Å². The minimum Gasteiger partial charge on any atom is -0.497 e. The summed E-state index contributed by atoms with van der Waals surface area (Å²) in [4.78, 5) is 3.47. The lowest BCUT2D eigenvalue weighted by Gasteiger charge is -2.20. The Balaban J connectivity index is 1.83. The van der Waals surface area contributed by atoms with Crippen LogP contribution in [0.1, 0.15) is 22.7 Å². The number of aryl methyl sites for hydroxylation is 1. The largest absolute Gasteiger partial charge is 0.497 e. The van der Waals surface area contributed by atoms with E-state index in [0.29, 0.717) is 5.75 Å². The molecule has 1 atom stereocenters. The summed E-state index contributed by atoms with van der Waals surface area (Å²) in [5, 5.41) is 0.965. The van der Waals surface area contributed by atoms with Crippen molar-refractivity contribution >= 4 is 20.9 Å². The topological polar surface area (TPSA) is 71.2 Å². The zero-order valence-corrected chi connectivity index (χ0v) is 17.0. The molecule has 2 N–H and O–H groups in total. The molecule has 4 aromatic rings. The van der Waals surface area contributed by atoms with Crippen LogP contribution in [0.15, 0.2) is 83.9 Å². The number of H-pyrrole nitrogens is 1. The predicted molar refractivity (Wildman–Crippen MR) is 115 cm³/mol. The summed E-state index contributed by atoms with van der Waals surface area (Å²) in [6.07, 6.45) is 1.85. The maximum atomic E-state index is 13.2. The van der Waals surface area contributed by atoms with Gasteiger partial charge in [-0.2, -0.15) is 4.72 Å². The maximum absolute atomic E-state index is 13.2. The van der Waals surface area contributed by atoms with Gasteiger partial charge in [-0.3, -0.25) is 0 Å². The maximum Gasteiger partial charge on any atom is 0.241 e. The highest BCUT2D eigenvalue weighted by atomic mass is 32.2. The van der Waals surface area contributed by atoms with Gasteiger partial charge in [-0.25, -0.2) is 8.42 Å². The number of methoxy groups -OCH3 is 1. The summed E-state index contributed by atoms with van der Waals surface area (Å²) in [5.74, 6) is 0.668. The molecule has 0 aliphatic rings. The fraction of sp³-hybridized carbons (Fsp3) is 0.130. The fourth-order valence-corrected chi connectivity index (χ4v) is 4.61. The number of benzene rings is 3. The number of rotatable bonds is 6. The van der Waals surface area contributed by atoms with Crippen molar-refractivity contribution in [3.63, 3.8) is 0 Å². The van der Waals surface area contributed by atoms with Crippen molar-refractivity contribution in [1.82, 2.24) is 9.71 Å². The molecule has 1 aromatic heterocycles. The molecule has 6 heteroatoms. The molecule has 5 nitrogen and oxygen atoms in total. The van der Waals surface area contributed by atoms with E-state index in [-0.39, 0.29) is 4.90 Å². The van der Waals surface area contributed by atoms with Crippen molar-refractivity contribution in [3.05, 3.63) is 95.7 Å². The quantitative estimate of drug-likeness (QED) is 0.493. The second kappa shape index (κ2) is 7.73. The Labute approximate surface area is 170 Å². The van der Waals surface area contributed by atoms with Crippen LogP contribution >= 0.6 is 0 Å². The number of para-hydroxylation sites is 1. The number of hydrogen-bond acceptors (Lipinski definition) is 3. The van der Waals surface area contributed by atoms with Crippen LogP contribution in [0.4, 0.5) is 0 Å². The van der Waals surface area contributed by atoms with E-state index >= 15 is 0 Å². The van der Waals surface area contributed by atoms with Crippen LogP contribution in [0.2, 0.25) is 0 Å². The molecule has 0 spiro atoms. The molecule has 1 unspecified atom stereocenters. The lowest BCUT2D eigenvalue weighted by molar-refractivity contribution is 0.414. The SMILES string of the molecule is COc1cccc(C(NS(=O)(=O)c2ccc(C)cc2)c2c[nH]c3ccccc23)c1. The molecule has 0 saturated carbocycles. The van der Waals surface area contributed by atoms with Gasteiger partial charge in [-0.1, -0.05) is 48.0 Å². The summed E-state index contributed by atoms with van der Waals surface area (Å²) in [5.41, 5.74) is 3.60. The number of sulfonamides is 1. The second-order valence-electron chi connectivity index (χ2n) is 6.93. The highest BCUT2D eigenvalue weighted by Crippen LogP contribution is 2.32. The van der Waals surface area contributed by atoms with Crippen molar-refractivity contribution < 1.29 is 13.2 Å². The number of ether oxygens (including phenoxy) is 1. The Bertz CT molecular complexity index is 1240. The Morgan fingerprint density at radius 2 is 1.72 bits per heavy atom. The predicted octanol–water partition coefficient (Wildman–Crippen LogP) is 4.55. The molecule has 0 fully saturated rings. The third-order valence-corrected chi connectivity index (χ3v) is 6.40. The van der Waals surface area contributed by atoms with E-state index in [2.05, 4.69) is 9.71 Å². The van der Waals surface area contributed by atoms with E-state index in [1.807, 2.05) is 61.7 Å². The second-order valence-corrected chi connectivity index (χ2v) is 8.65. The smallest absolute Gasteiger partial charge is 0.241 e. The van der Waals surface area contributed by atoms with E-state index in [4.69, 9.17) is 4.74 Å². The molecular formula is C23H22N2O3S. The van der Waals surface area contributed by atoms with Crippen molar-refractivity contribution in [2.24, 2.45) is 0 Å². The standard InChI is InChI=1S/C23H22N2O3S/c1-16-10-12-19(13-11-16)29(26,27)25-23(17-6-5-7-18(14-17)28-2)21-15-24-22-9-4-3-8-20(21)22/h3-15,23-25H,1-2H3. The first-order valence-corrected chi connectivity index (χ1v) is 10.8. The minimum absolute atomic E-state index is 0.232. The van der Waals surface area contributed by atoms with Gasteiger partial charge in [-0.05, 0) is 48.4 Å². The highest BCUT2D eigenvalue weighted by molar-refractivity contribution is 7.89. The molecule has 1 heterocycles. The van der Waals surface area contributed by atoms with Crippen LogP contribution in [0, 0.1) is 6.92 Å². The summed E-state index contributed by atoms with van der Waals surface area (Å²) in [6, 6.07) is 21.5. The number of nitrogens with one attached hydrogen (secondary N) is 2. The van der Waals surface area contributed by atoms with E-state index in [1.165, 1.54) is 0 Å². The summed E-state index contributed by atoms with van der Waals surface area (Å²) in [6.45, 7) is 1.93. The van der Waals surface area contributed by atoms with Crippen molar-refractivity contribution in [3.8, 4) is 5.75 Å². The van der Waals surface area contributed by atoms with Crippen molar-refractivity contribution in [2.45, 2.75) is 17.9 Å². The third kappa shape index (κ3) is 3.90. The monoisotopic (exact) mass is 406 g/mol. The average molecular weight is 407 g/mol. The van der Waals surface area contributed by atoms with Crippen LogP contribution in [0.5, 0.6) is 5.75 Å². The van der Waals surface area contributed by atoms with Crippen LogP contribution < -0.4 is 9.46 Å². The molecule has 29 heavy (non-hydrogen) atoms. The first-order chi connectivity index (χ1) is 14.0. The summed E-state index contributed by atoms with van der Waals surface area (Å²) in [7, 11) is -2.15. The van der Waals surface area contributed by atoms with Gasteiger partial charge < -0.3 is 9.72 Å². The first kappa shape index (κ1) is 19.2. The van der Waals surface area contributed by atoms with E-state index < -0.39 is 16.1 Å². The molecule has 0 saturated heterocycles. The van der Waals surface area contributed by atoms with Crippen LogP contribution in [0.3, 0.4) is 0 Å². The van der Waals surface area contributed by atoms with Gasteiger partial charge in [0.05, 0.1) is 18.0 Å². The van der Waals surface area contributed by atoms with Crippen molar-refractivity contribution in [2.75, 3.05) is 7.11 Å².